The van der Waals surface area contributed by atoms with E-state index < -0.39 is 0 Å². The molecular weight excluding hydrogens is 392 g/mol. The lowest BCUT2D eigenvalue weighted by Crippen LogP contribution is -2.20. The second kappa shape index (κ2) is 9.21. The van der Waals surface area contributed by atoms with Gasteiger partial charge in [0.2, 0.25) is 0 Å². The maximum atomic E-state index is 12.6. The number of para-hydroxylation sites is 3. The highest BCUT2D eigenvalue weighted by Gasteiger charge is 2.10. The topological polar surface area (TPSA) is 88.3 Å². The number of amides is 2. The maximum Gasteiger partial charge on any atom is 0.323 e. The van der Waals surface area contributed by atoms with Crippen molar-refractivity contribution < 1.29 is 14.3 Å². The first kappa shape index (κ1) is 20.3. The third-order valence-corrected chi connectivity index (χ3v) is 4.98. The summed E-state index contributed by atoms with van der Waals surface area (Å²) in [4.78, 5) is 20.5. The largest absolute Gasteiger partial charge is 0.493 e. The Bertz CT molecular complexity index is 1170. The van der Waals surface area contributed by atoms with Crippen LogP contribution in [0.5, 0.6) is 11.5 Å². The summed E-state index contributed by atoms with van der Waals surface area (Å²) in [5, 5.41) is 5.77. The first-order valence-corrected chi connectivity index (χ1v) is 9.98. The Morgan fingerprint density at radius 2 is 1.68 bits per heavy atom. The standard InChI is InChI=1S/C24H24N4O3/c1-30-21-13-12-17(15-22(21)31-2)25-24(29)28-18-8-4-3-7-16(18)11-14-23-26-19-9-5-6-10-20(19)27-23/h3-10,12-13,15H,11,14H2,1-2H3,(H,26,27)(H2,25,28,29). The van der Waals surface area contributed by atoms with E-state index in [1.54, 1.807) is 32.4 Å². The molecule has 3 N–H and O–H groups in total. The van der Waals surface area contributed by atoms with Gasteiger partial charge in [-0.15, -0.1) is 0 Å². The predicted molar refractivity (Wildman–Crippen MR) is 122 cm³/mol. The molecule has 158 valence electrons. The minimum absolute atomic E-state index is 0.330. The van der Waals surface area contributed by atoms with Crippen LogP contribution in [-0.2, 0) is 12.8 Å². The molecule has 0 saturated carbocycles. The average Bonchev–Trinajstić information content (AvgIpc) is 3.21. The molecule has 0 aliphatic rings. The van der Waals surface area contributed by atoms with E-state index in [2.05, 4.69) is 20.6 Å². The Labute approximate surface area is 180 Å². The molecule has 0 unspecified atom stereocenters. The number of carbonyl (C=O) groups is 1. The Kier molecular flexibility index (Phi) is 6.03. The van der Waals surface area contributed by atoms with Crippen LogP contribution < -0.4 is 20.1 Å². The molecule has 0 aliphatic carbocycles. The molecule has 7 nitrogen and oxygen atoms in total. The predicted octanol–water partition coefficient (Wildman–Crippen LogP) is 5.01. The summed E-state index contributed by atoms with van der Waals surface area (Å²) in [5.41, 5.74) is 4.38. The molecule has 31 heavy (non-hydrogen) atoms. The molecule has 0 spiro atoms. The molecule has 0 aliphatic heterocycles. The summed E-state index contributed by atoms with van der Waals surface area (Å²) < 4.78 is 10.5. The van der Waals surface area contributed by atoms with Crippen LogP contribution in [0, 0.1) is 0 Å². The van der Waals surface area contributed by atoms with Gasteiger partial charge < -0.3 is 25.1 Å². The Hall–Kier alpha value is -4.00. The fraction of sp³-hybridized carbons (Fsp3) is 0.167. The van der Waals surface area contributed by atoms with Gasteiger partial charge in [0.1, 0.15) is 5.82 Å². The fourth-order valence-electron chi connectivity index (χ4n) is 3.44. The van der Waals surface area contributed by atoms with Crippen LogP contribution in [0.15, 0.2) is 66.7 Å². The van der Waals surface area contributed by atoms with Crippen molar-refractivity contribution in [2.75, 3.05) is 24.9 Å². The molecular formula is C24H24N4O3. The van der Waals surface area contributed by atoms with Crippen molar-refractivity contribution in [1.82, 2.24) is 9.97 Å². The molecule has 3 aromatic carbocycles. The number of nitrogens with one attached hydrogen (secondary N) is 3. The number of hydrogen-bond donors (Lipinski definition) is 3. The molecule has 4 rings (SSSR count). The van der Waals surface area contributed by atoms with Crippen molar-refractivity contribution >= 4 is 28.4 Å². The van der Waals surface area contributed by atoms with E-state index in [4.69, 9.17) is 9.47 Å². The van der Waals surface area contributed by atoms with E-state index in [9.17, 15) is 4.79 Å². The van der Waals surface area contributed by atoms with E-state index in [-0.39, 0.29) is 6.03 Å². The van der Waals surface area contributed by atoms with Gasteiger partial charge in [-0.3, -0.25) is 0 Å². The number of aromatic nitrogens is 2. The number of nitrogens with zero attached hydrogens (tertiary/aromatic N) is 1. The number of anilines is 2. The number of rotatable bonds is 7. The minimum atomic E-state index is -0.330. The Balaban J connectivity index is 1.42. The summed E-state index contributed by atoms with van der Waals surface area (Å²) >= 11 is 0. The van der Waals surface area contributed by atoms with Crippen molar-refractivity contribution in [2.45, 2.75) is 12.8 Å². The summed E-state index contributed by atoms with van der Waals surface area (Å²) in [7, 11) is 3.12. The molecule has 4 aromatic rings. The lowest BCUT2D eigenvalue weighted by Gasteiger charge is -2.13. The molecule has 1 aromatic heterocycles. The van der Waals surface area contributed by atoms with Gasteiger partial charge in [-0.1, -0.05) is 30.3 Å². The first-order valence-electron chi connectivity index (χ1n) is 9.98. The quantitative estimate of drug-likeness (QED) is 0.395. The van der Waals surface area contributed by atoms with Crippen LogP contribution in [0.3, 0.4) is 0 Å². The second-order valence-corrected chi connectivity index (χ2v) is 7.01. The third kappa shape index (κ3) is 4.78. The zero-order valence-corrected chi connectivity index (χ0v) is 17.4. The van der Waals surface area contributed by atoms with Gasteiger partial charge in [0.25, 0.3) is 0 Å². The van der Waals surface area contributed by atoms with Crippen LogP contribution in [0.25, 0.3) is 11.0 Å². The number of benzene rings is 3. The number of fused-ring (bicyclic) bond motifs is 1. The number of methoxy groups -OCH3 is 2. The van der Waals surface area contributed by atoms with E-state index in [1.165, 1.54) is 0 Å². The van der Waals surface area contributed by atoms with Crippen molar-refractivity contribution in [2.24, 2.45) is 0 Å². The molecule has 0 bridgehead atoms. The number of ether oxygens (including phenoxy) is 2. The number of H-pyrrole nitrogens is 1. The van der Waals surface area contributed by atoms with Crippen molar-refractivity contribution in [3.63, 3.8) is 0 Å². The highest BCUT2D eigenvalue weighted by atomic mass is 16.5. The number of urea groups is 1. The maximum absolute atomic E-state index is 12.6. The van der Waals surface area contributed by atoms with Gasteiger partial charge in [-0.25, -0.2) is 9.78 Å². The molecule has 0 radical (unpaired) electrons. The number of hydrogen-bond acceptors (Lipinski definition) is 4. The highest BCUT2D eigenvalue weighted by molar-refractivity contribution is 6.00. The van der Waals surface area contributed by atoms with Crippen LogP contribution in [-0.4, -0.2) is 30.2 Å². The lowest BCUT2D eigenvalue weighted by atomic mass is 10.1. The first-order chi connectivity index (χ1) is 15.2. The van der Waals surface area contributed by atoms with Crippen molar-refractivity contribution in [1.29, 1.82) is 0 Å². The van der Waals surface area contributed by atoms with Gasteiger partial charge in [-0.2, -0.15) is 0 Å². The Morgan fingerprint density at radius 3 is 2.48 bits per heavy atom. The molecule has 0 saturated heterocycles. The average molecular weight is 416 g/mol. The molecule has 1 heterocycles. The van der Waals surface area contributed by atoms with E-state index in [1.807, 2.05) is 48.5 Å². The third-order valence-electron chi connectivity index (χ3n) is 4.98. The monoisotopic (exact) mass is 416 g/mol. The minimum Gasteiger partial charge on any atom is -0.493 e. The van der Waals surface area contributed by atoms with Crippen LogP contribution in [0.1, 0.15) is 11.4 Å². The van der Waals surface area contributed by atoms with Gasteiger partial charge in [-0.05, 0) is 42.3 Å². The summed E-state index contributed by atoms with van der Waals surface area (Å²) in [5.74, 6) is 2.07. The van der Waals surface area contributed by atoms with Gasteiger partial charge in [0.15, 0.2) is 11.5 Å². The summed E-state index contributed by atoms with van der Waals surface area (Å²) in [6.45, 7) is 0. The van der Waals surface area contributed by atoms with Gasteiger partial charge in [0, 0.05) is 23.9 Å². The van der Waals surface area contributed by atoms with Crippen LogP contribution >= 0.6 is 0 Å². The Morgan fingerprint density at radius 1 is 0.903 bits per heavy atom. The van der Waals surface area contributed by atoms with E-state index in [0.717, 1.165) is 41.0 Å². The van der Waals surface area contributed by atoms with Crippen LogP contribution in [0.4, 0.5) is 16.2 Å². The molecule has 2 amide bonds. The summed E-state index contributed by atoms with van der Waals surface area (Å²) in [6.07, 6.45) is 1.48. The van der Waals surface area contributed by atoms with Crippen molar-refractivity contribution in [3.05, 3.63) is 78.1 Å². The number of aromatic amines is 1. The van der Waals surface area contributed by atoms with E-state index >= 15 is 0 Å². The SMILES string of the molecule is COc1ccc(NC(=O)Nc2ccccc2CCc2nc3ccccc3[nH]2)cc1OC. The van der Waals surface area contributed by atoms with Crippen molar-refractivity contribution in [3.8, 4) is 11.5 Å². The normalized spacial score (nSPS) is 10.6. The number of imidazole rings is 1. The zero-order chi connectivity index (χ0) is 21.6. The number of carbonyl (C=O) groups excluding carboxylic acids is 1. The lowest BCUT2D eigenvalue weighted by molar-refractivity contribution is 0.262. The van der Waals surface area contributed by atoms with Gasteiger partial charge >= 0.3 is 6.03 Å². The number of aryl methyl sites for hydroxylation is 2. The fourth-order valence-corrected chi connectivity index (χ4v) is 3.44. The smallest absolute Gasteiger partial charge is 0.323 e. The molecule has 0 fully saturated rings. The molecule has 0 atom stereocenters. The zero-order valence-electron chi connectivity index (χ0n) is 17.4. The van der Waals surface area contributed by atoms with E-state index in [0.29, 0.717) is 17.2 Å². The van der Waals surface area contributed by atoms with Crippen LogP contribution in [0.2, 0.25) is 0 Å². The van der Waals surface area contributed by atoms with Gasteiger partial charge in [0.05, 0.1) is 25.3 Å². The summed E-state index contributed by atoms with van der Waals surface area (Å²) in [6, 6.07) is 20.6. The second-order valence-electron chi connectivity index (χ2n) is 7.01. The molecule has 7 heteroatoms. The highest BCUT2D eigenvalue weighted by Crippen LogP contribution is 2.30.